The van der Waals surface area contributed by atoms with Gasteiger partial charge in [-0.25, -0.2) is 0 Å². The summed E-state index contributed by atoms with van der Waals surface area (Å²) < 4.78 is 0. The first-order chi connectivity index (χ1) is 4.79. The van der Waals surface area contributed by atoms with Crippen LogP contribution in [0.1, 0.15) is 6.92 Å². The zero-order chi connectivity index (χ0) is 7.40. The first kappa shape index (κ1) is 7.57. The van der Waals surface area contributed by atoms with Gasteiger partial charge in [0.05, 0.1) is 11.1 Å². The van der Waals surface area contributed by atoms with Gasteiger partial charge in [0.15, 0.2) is 0 Å². The maximum atomic E-state index is 8.89. The van der Waals surface area contributed by atoms with E-state index in [9.17, 15) is 0 Å². The van der Waals surface area contributed by atoms with E-state index in [0.717, 1.165) is 5.00 Å². The zero-order valence-corrected chi connectivity index (χ0v) is 6.69. The highest BCUT2D eigenvalue weighted by Crippen LogP contribution is 2.14. The van der Waals surface area contributed by atoms with Crippen LogP contribution in [0.4, 0.5) is 5.00 Å². The van der Waals surface area contributed by atoms with Crippen LogP contribution < -0.4 is 5.32 Å². The van der Waals surface area contributed by atoms with Gasteiger partial charge in [-0.05, 0) is 24.4 Å². The normalized spacial score (nSPS) is 13.0. The van der Waals surface area contributed by atoms with E-state index in [0.29, 0.717) is 6.54 Å². The Labute approximate surface area is 64.5 Å². The molecule has 1 rings (SSSR count). The van der Waals surface area contributed by atoms with E-state index in [1.54, 1.807) is 18.3 Å². The number of hydrogen-bond acceptors (Lipinski definition) is 3. The Balaban J connectivity index is 2.28. The Morgan fingerprint density at radius 1 is 1.80 bits per heavy atom. The molecular formula is C7H11NOS. The first-order valence-electron chi connectivity index (χ1n) is 3.24. The molecule has 0 saturated carbocycles. The van der Waals surface area contributed by atoms with E-state index in [1.807, 2.05) is 17.5 Å². The third-order valence-corrected chi connectivity index (χ3v) is 1.92. The Hall–Kier alpha value is -0.540. The van der Waals surface area contributed by atoms with E-state index in [-0.39, 0.29) is 6.10 Å². The average Bonchev–Trinajstić information content (AvgIpc) is 2.34. The largest absolute Gasteiger partial charge is 0.392 e. The van der Waals surface area contributed by atoms with Gasteiger partial charge in [-0.15, -0.1) is 11.3 Å². The lowest BCUT2D eigenvalue weighted by molar-refractivity contribution is 0.208. The highest BCUT2D eigenvalue weighted by molar-refractivity contribution is 7.14. The van der Waals surface area contributed by atoms with Crippen molar-refractivity contribution in [3.63, 3.8) is 0 Å². The fourth-order valence-corrected chi connectivity index (χ4v) is 1.25. The van der Waals surface area contributed by atoms with Crippen LogP contribution in [0, 0.1) is 0 Å². The molecule has 0 saturated heterocycles. The van der Waals surface area contributed by atoms with Crippen LogP contribution in [0.2, 0.25) is 0 Å². The molecule has 1 atom stereocenters. The van der Waals surface area contributed by atoms with E-state index in [1.165, 1.54) is 0 Å². The standard InChI is InChI=1S/C7H11NOS/c1-6(9)5-8-7-3-2-4-10-7/h2-4,6,8-9H,5H2,1H3/t6-/m1/s1. The van der Waals surface area contributed by atoms with E-state index < -0.39 is 0 Å². The molecule has 0 fully saturated rings. The minimum absolute atomic E-state index is 0.276. The Morgan fingerprint density at radius 3 is 3.10 bits per heavy atom. The lowest BCUT2D eigenvalue weighted by atomic mass is 10.4. The number of hydrogen-bond donors (Lipinski definition) is 2. The predicted octanol–water partition coefficient (Wildman–Crippen LogP) is 1.54. The number of nitrogens with one attached hydrogen (secondary N) is 1. The van der Waals surface area contributed by atoms with Crippen molar-refractivity contribution in [3.8, 4) is 0 Å². The fraction of sp³-hybridized carbons (Fsp3) is 0.429. The molecule has 1 aromatic heterocycles. The summed E-state index contributed by atoms with van der Waals surface area (Å²) in [6.07, 6.45) is -0.276. The number of aliphatic hydroxyl groups excluding tert-OH is 1. The first-order valence-corrected chi connectivity index (χ1v) is 4.12. The topological polar surface area (TPSA) is 32.3 Å². The monoisotopic (exact) mass is 157 g/mol. The molecule has 56 valence electrons. The lowest BCUT2D eigenvalue weighted by Crippen LogP contribution is -2.14. The highest BCUT2D eigenvalue weighted by Gasteiger charge is 1.94. The SMILES string of the molecule is C[C@@H](O)CNc1cccs1. The maximum absolute atomic E-state index is 8.89. The number of aliphatic hydroxyl groups is 1. The van der Waals surface area contributed by atoms with Crippen LogP contribution in [0.25, 0.3) is 0 Å². The van der Waals surface area contributed by atoms with E-state index in [4.69, 9.17) is 5.11 Å². The zero-order valence-electron chi connectivity index (χ0n) is 5.87. The van der Waals surface area contributed by atoms with Crippen molar-refractivity contribution in [3.05, 3.63) is 17.5 Å². The second kappa shape index (κ2) is 3.58. The van der Waals surface area contributed by atoms with Gasteiger partial charge >= 0.3 is 0 Å². The lowest BCUT2D eigenvalue weighted by Gasteiger charge is -2.04. The molecule has 0 radical (unpaired) electrons. The van der Waals surface area contributed by atoms with Crippen LogP contribution in [0.3, 0.4) is 0 Å². The summed E-state index contributed by atoms with van der Waals surface area (Å²) in [5, 5.41) is 15.1. The second-order valence-electron chi connectivity index (χ2n) is 2.21. The summed E-state index contributed by atoms with van der Waals surface area (Å²) >= 11 is 1.64. The van der Waals surface area contributed by atoms with E-state index in [2.05, 4.69) is 5.32 Å². The van der Waals surface area contributed by atoms with Crippen molar-refractivity contribution in [1.82, 2.24) is 0 Å². The molecule has 0 amide bonds. The summed E-state index contributed by atoms with van der Waals surface area (Å²) in [4.78, 5) is 0. The van der Waals surface area contributed by atoms with Gasteiger partial charge in [-0.3, -0.25) is 0 Å². The third kappa shape index (κ3) is 2.37. The molecule has 3 heteroatoms. The van der Waals surface area contributed by atoms with Gasteiger partial charge < -0.3 is 10.4 Å². The molecule has 0 aromatic carbocycles. The number of thiophene rings is 1. The summed E-state index contributed by atoms with van der Waals surface area (Å²) in [5.74, 6) is 0. The molecule has 10 heavy (non-hydrogen) atoms. The Bertz CT molecular complexity index is 172. The van der Waals surface area contributed by atoms with Gasteiger partial charge in [-0.2, -0.15) is 0 Å². The minimum atomic E-state index is -0.276. The van der Waals surface area contributed by atoms with Crippen molar-refractivity contribution in [2.75, 3.05) is 11.9 Å². The van der Waals surface area contributed by atoms with Gasteiger partial charge in [0, 0.05) is 6.54 Å². The van der Waals surface area contributed by atoms with Gasteiger partial charge in [-0.1, -0.05) is 0 Å². The van der Waals surface area contributed by atoms with Crippen LogP contribution in [0.15, 0.2) is 17.5 Å². The molecule has 2 N–H and O–H groups in total. The molecule has 2 nitrogen and oxygen atoms in total. The molecule has 0 bridgehead atoms. The third-order valence-electron chi connectivity index (χ3n) is 1.09. The smallest absolute Gasteiger partial charge is 0.0883 e. The highest BCUT2D eigenvalue weighted by atomic mass is 32.1. The number of rotatable bonds is 3. The average molecular weight is 157 g/mol. The molecule has 0 unspecified atom stereocenters. The van der Waals surface area contributed by atoms with Crippen molar-refractivity contribution in [1.29, 1.82) is 0 Å². The van der Waals surface area contributed by atoms with Crippen LogP contribution in [-0.2, 0) is 0 Å². The summed E-state index contributed by atoms with van der Waals surface area (Å²) in [6.45, 7) is 2.39. The Morgan fingerprint density at radius 2 is 2.60 bits per heavy atom. The van der Waals surface area contributed by atoms with E-state index >= 15 is 0 Å². The van der Waals surface area contributed by atoms with Crippen molar-refractivity contribution in [2.45, 2.75) is 13.0 Å². The Kier molecular flexibility index (Phi) is 2.71. The molecule has 0 aliphatic heterocycles. The van der Waals surface area contributed by atoms with Crippen molar-refractivity contribution < 1.29 is 5.11 Å². The second-order valence-corrected chi connectivity index (χ2v) is 3.15. The summed E-state index contributed by atoms with van der Waals surface area (Å²) in [7, 11) is 0. The predicted molar refractivity (Wildman–Crippen MR) is 44.5 cm³/mol. The molecule has 0 spiro atoms. The molecule has 1 heterocycles. The molecule has 0 aliphatic carbocycles. The van der Waals surface area contributed by atoms with Crippen LogP contribution in [0.5, 0.6) is 0 Å². The molecular weight excluding hydrogens is 146 g/mol. The quantitative estimate of drug-likeness (QED) is 0.697. The maximum Gasteiger partial charge on any atom is 0.0883 e. The molecule has 1 aromatic rings. The van der Waals surface area contributed by atoms with Gasteiger partial charge in [0.1, 0.15) is 0 Å². The van der Waals surface area contributed by atoms with Crippen molar-refractivity contribution in [2.24, 2.45) is 0 Å². The minimum Gasteiger partial charge on any atom is -0.392 e. The summed E-state index contributed by atoms with van der Waals surface area (Å²) in [5.41, 5.74) is 0. The summed E-state index contributed by atoms with van der Waals surface area (Å²) in [6, 6.07) is 3.97. The molecule has 0 aliphatic rings. The van der Waals surface area contributed by atoms with Gasteiger partial charge in [0.25, 0.3) is 0 Å². The van der Waals surface area contributed by atoms with Gasteiger partial charge in [0.2, 0.25) is 0 Å². The fourth-order valence-electron chi connectivity index (χ4n) is 0.627. The van der Waals surface area contributed by atoms with Crippen molar-refractivity contribution >= 4 is 16.3 Å². The van der Waals surface area contributed by atoms with Crippen LogP contribution in [-0.4, -0.2) is 17.8 Å². The van der Waals surface area contributed by atoms with Crippen LogP contribution >= 0.6 is 11.3 Å². The number of anilines is 1.